The molecule has 2 aromatic carbocycles. The molecule has 1 heterocycles. The van der Waals surface area contributed by atoms with Gasteiger partial charge in [0.05, 0.1) is 11.6 Å². The molecule has 0 spiro atoms. The summed E-state index contributed by atoms with van der Waals surface area (Å²) in [6.07, 6.45) is 2.55. The number of anilines is 2. The monoisotopic (exact) mass is 377 g/mol. The Bertz CT molecular complexity index is 905. The van der Waals surface area contributed by atoms with Gasteiger partial charge in [-0.15, -0.1) is 17.9 Å². The Kier molecular flexibility index (Phi) is 6.39. The van der Waals surface area contributed by atoms with Crippen LogP contribution in [0.4, 0.5) is 10.8 Å². The fourth-order valence-corrected chi connectivity index (χ4v) is 3.62. The van der Waals surface area contributed by atoms with Gasteiger partial charge in [-0.3, -0.25) is 4.79 Å². The predicted molar refractivity (Wildman–Crippen MR) is 114 cm³/mol. The Morgan fingerprint density at radius 3 is 2.78 bits per heavy atom. The lowest BCUT2D eigenvalue weighted by Crippen LogP contribution is -2.20. The van der Waals surface area contributed by atoms with E-state index in [9.17, 15) is 4.79 Å². The molecule has 2 N–H and O–H groups in total. The van der Waals surface area contributed by atoms with Gasteiger partial charge >= 0.3 is 0 Å². The molecule has 0 aliphatic heterocycles. The molecule has 27 heavy (non-hydrogen) atoms. The molecule has 138 valence electrons. The number of hydrogen-bond donors (Lipinski definition) is 2. The molecule has 5 heteroatoms. The van der Waals surface area contributed by atoms with Crippen LogP contribution in [0.15, 0.2) is 72.6 Å². The van der Waals surface area contributed by atoms with Crippen molar-refractivity contribution in [1.82, 2.24) is 4.98 Å². The Morgan fingerprint density at radius 1 is 1.22 bits per heavy atom. The average Bonchev–Trinajstić information content (AvgIpc) is 3.17. The summed E-state index contributed by atoms with van der Waals surface area (Å²) in [5, 5.41) is 9.10. The highest BCUT2D eigenvalue weighted by molar-refractivity contribution is 7.14. The number of carbonyl (C=O) groups excluding carboxylic acids is 1. The number of amides is 1. The topological polar surface area (TPSA) is 54.0 Å². The molecule has 0 saturated heterocycles. The number of aromatic nitrogens is 1. The maximum absolute atomic E-state index is 12.8. The van der Waals surface area contributed by atoms with Gasteiger partial charge in [0.2, 0.25) is 5.91 Å². The third-order valence-electron chi connectivity index (χ3n) is 4.25. The molecule has 1 atom stereocenters. The molecule has 4 nitrogen and oxygen atoms in total. The molecule has 1 amide bonds. The van der Waals surface area contributed by atoms with Crippen LogP contribution in [-0.4, -0.2) is 17.4 Å². The van der Waals surface area contributed by atoms with Crippen molar-refractivity contribution in [1.29, 1.82) is 0 Å². The van der Waals surface area contributed by atoms with Crippen molar-refractivity contribution in [2.24, 2.45) is 0 Å². The molecule has 0 aliphatic rings. The summed E-state index contributed by atoms with van der Waals surface area (Å²) in [5.74, 6) is -0.156. The minimum atomic E-state index is -0.163. The van der Waals surface area contributed by atoms with Gasteiger partial charge in [0, 0.05) is 23.2 Å². The predicted octanol–water partition coefficient (Wildman–Crippen LogP) is 5.54. The van der Waals surface area contributed by atoms with Crippen molar-refractivity contribution in [2.75, 3.05) is 17.2 Å². The minimum Gasteiger partial charge on any atom is -0.358 e. The molecule has 0 bridgehead atoms. The lowest BCUT2D eigenvalue weighted by Gasteiger charge is -2.15. The van der Waals surface area contributed by atoms with Crippen LogP contribution in [0.2, 0.25) is 0 Å². The van der Waals surface area contributed by atoms with Crippen LogP contribution in [0.5, 0.6) is 0 Å². The van der Waals surface area contributed by atoms with Crippen molar-refractivity contribution in [2.45, 2.75) is 19.3 Å². The number of thiazole rings is 1. The zero-order valence-electron chi connectivity index (χ0n) is 15.3. The summed E-state index contributed by atoms with van der Waals surface area (Å²) < 4.78 is 0. The second kappa shape index (κ2) is 9.14. The third kappa shape index (κ3) is 4.83. The quantitative estimate of drug-likeness (QED) is 0.507. The highest BCUT2D eigenvalue weighted by Gasteiger charge is 2.18. The number of rotatable bonds is 8. The molecule has 0 fully saturated rings. The van der Waals surface area contributed by atoms with Gasteiger partial charge < -0.3 is 10.6 Å². The van der Waals surface area contributed by atoms with E-state index < -0.39 is 0 Å². The molecule has 3 aromatic rings. The Morgan fingerprint density at radius 2 is 2.04 bits per heavy atom. The number of nitrogens with zero attached hydrogens (tertiary/aromatic N) is 1. The molecular weight excluding hydrogens is 354 g/mol. The molecule has 0 saturated carbocycles. The molecular formula is C22H23N3OS. The lowest BCUT2D eigenvalue weighted by molar-refractivity contribution is -0.117. The highest BCUT2D eigenvalue weighted by Crippen LogP contribution is 2.28. The van der Waals surface area contributed by atoms with Crippen LogP contribution in [0.3, 0.4) is 0 Å². The normalized spacial score (nSPS) is 11.6. The first-order chi connectivity index (χ1) is 13.2. The van der Waals surface area contributed by atoms with E-state index in [4.69, 9.17) is 0 Å². The number of hydrogen-bond acceptors (Lipinski definition) is 4. The van der Waals surface area contributed by atoms with Crippen molar-refractivity contribution in [3.63, 3.8) is 0 Å². The van der Waals surface area contributed by atoms with E-state index in [2.05, 4.69) is 22.2 Å². The maximum Gasteiger partial charge on any atom is 0.231 e. The van der Waals surface area contributed by atoms with E-state index in [1.807, 2.05) is 66.9 Å². The standard InChI is InChI=1S/C22H23N3OS/c1-3-13-23-22-25-20(15-27-22)17-11-8-12-18(14-17)24-21(26)19(4-2)16-9-6-5-7-10-16/h3,5-12,14-15,19H,1,4,13H2,2H3,(H,23,25)(H,24,26)/t19-/m0/s1. The number of carbonyl (C=O) groups is 1. The fraction of sp³-hybridized carbons (Fsp3) is 0.182. The largest absolute Gasteiger partial charge is 0.358 e. The number of benzene rings is 2. The van der Waals surface area contributed by atoms with E-state index in [1.54, 1.807) is 17.4 Å². The second-order valence-electron chi connectivity index (χ2n) is 6.15. The highest BCUT2D eigenvalue weighted by atomic mass is 32.1. The molecule has 3 rings (SSSR count). The summed E-state index contributed by atoms with van der Waals surface area (Å²) in [7, 11) is 0. The van der Waals surface area contributed by atoms with Crippen LogP contribution in [0.25, 0.3) is 11.3 Å². The van der Waals surface area contributed by atoms with Gasteiger partial charge in [-0.1, -0.05) is 55.5 Å². The van der Waals surface area contributed by atoms with Crippen LogP contribution in [0, 0.1) is 0 Å². The van der Waals surface area contributed by atoms with Gasteiger partial charge in [0.15, 0.2) is 5.13 Å². The third-order valence-corrected chi connectivity index (χ3v) is 5.05. The first-order valence-corrected chi connectivity index (χ1v) is 9.85. The zero-order valence-corrected chi connectivity index (χ0v) is 16.1. The van der Waals surface area contributed by atoms with E-state index in [-0.39, 0.29) is 11.8 Å². The second-order valence-corrected chi connectivity index (χ2v) is 7.01. The summed E-state index contributed by atoms with van der Waals surface area (Å²) in [4.78, 5) is 17.4. The van der Waals surface area contributed by atoms with E-state index in [1.165, 1.54) is 0 Å². The average molecular weight is 378 g/mol. The van der Waals surface area contributed by atoms with Crippen LogP contribution in [0.1, 0.15) is 24.8 Å². The lowest BCUT2D eigenvalue weighted by atomic mass is 9.95. The van der Waals surface area contributed by atoms with Crippen molar-refractivity contribution in [3.8, 4) is 11.3 Å². The first kappa shape index (κ1) is 18.9. The van der Waals surface area contributed by atoms with Gasteiger partial charge in [-0.05, 0) is 24.1 Å². The van der Waals surface area contributed by atoms with Crippen LogP contribution in [-0.2, 0) is 4.79 Å². The van der Waals surface area contributed by atoms with Crippen LogP contribution < -0.4 is 10.6 Å². The zero-order chi connectivity index (χ0) is 19.1. The summed E-state index contributed by atoms with van der Waals surface area (Å²) >= 11 is 1.55. The van der Waals surface area contributed by atoms with Gasteiger partial charge in [-0.2, -0.15) is 0 Å². The van der Waals surface area contributed by atoms with Gasteiger partial charge in [-0.25, -0.2) is 4.98 Å². The summed E-state index contributed by atoms with van der Waals surface area (Å²) in [6.45, 7) is 6.41. The van der Waals surface area contributed by atoms with Crippen LogP contribution >= 0.6 is 11.3 Å². The van der Waals surface area contributed by atoms with E-state index >= 15 is 0 Å². The van der Waals surface area contributed by atoms with Gasteiger partial charge in [0.1, 0.15) is 0 Å². The van der Waals surface area contributed by atoms with Gasteiger partial charge in [0.25, 0.3) is 0 Å². The summed E-state index contributed by atoms with van der Waals surface area (Å²) in [5.41, 5.74) is 3.67. The molecule has 0 radical (unpaired) electrons. The van der Waals surface area contributed by atoms with Crippen molar-refractivity contribution >= 4 is 28.1 Å². The minimum absolute atomic E-state index is 0.00691. The van der Waals surface area contributed by atoms with E-state index in [0.717, 1.165) is 34.1 Å². The summed E-state index contributed by atoms with van der Waals surface area (Å²) in [6, 6.07) is 17.7. The SMILES string of the molecule is C=CCNc1nc(-c2cccc(NC(=O)[C@@H](CC)c3ccccc3)c2)cs1. The fourth-order valence-electron chi connectivity index (χ4n) is 2.89. The Hall–Kier alpha value is -2.92. The maximum atomic E-state index is 12.8. The van der Waals surface area contributed by atoms with E-state index in [0.29, 0.717) is 6.54 Å². The Labute approximate surface area is 164 Å². The van der Waals surface area contributed by atoms with Crippen molar-refractivity contribution in [3.05, 3.63) is 78.2 Å². The molecule has 0 aliphatic carbocycles. The first-order valence-electron chi connectivity index (χ1n) is 8.97. The Balaban J connectivity index is 1.74. The van der Waals surface area contributed by atoms with Crippen molar-refractivity contribution < 1.29 is 4.79 Å². The molecule has 0 unspecified atom stereocenters. The number of nitrogens with one attached hydrogen (secondary N) is 2. The smallest absolute Gasteiger partial charge is 0.231 e. The molecule has 1 aromatic heterocycles.